The summed E-state index contributed by atoms with van der Waals surface area (Å²) in [5.74, 6) is 0. The number of thioether (sulfide) groups is 1. The second kappa shape index (κ2) is 7.24. The van der Waals surface area contributed by atoms with Gasteiger partial charge in [0.05, 0.1) is 0 Å². The highest BCUT2D eigenvalue weighted by Gasteiger charge is 2.30. The number of rotatable bonds is 4. The molecule has 126 valence electrons. The van der Waals surface area contributed by atoms with Crippen molar-refractivity contribution in [1.82, 2.24) is 0 Å². The molecule has 1 aliphatic rings. The molecule has 1 nitrogen and oxygen atoms in total. The predicted octanol–water partition coefficient (Wildman–Crippen LogP) is 4.22. The summed E-state index contributed by atoms with van der Waals surface area (Å²) in [6.45, 7) is -0.415. The van der Waals surface area contributed by atoms with Crippen LogP contribution in [0.25, 0.3) is 0 Å². The van der Waals surface area contributed by atoms with Crippen LogP contribution in [-0.4, -0.2) is 17.4 Å². The van der Waals surface area contributed by atoms with Gasteiger partial charge in [0.15, 0.2) is 0 Å². The minimum atomic E-state index is -4.27. The van der Waals surface area contributed by atoms with E-state index < -0.39 is 12.4 Å². The van der Waals surface area contributed by atoms with Gasteiger partial charge in [-0.05, 0) is 60.0 Å². The van der Waals surface area contributed by atoms with Crippen molar-refractivity contribution < 1.29 is 18.2 Å². The molecule has 0 aromatic heterocycles. The van der Waals surface area contributed by atoms with Gasteiger partial charge in [-0.2, -0.15) is 13.2 Å². The van der Waals surface area contributed by atoms with Crippen molar-refractivity contribution in [3.8, 4) is 0 Å². The number of halogens is 3. The van der Waals surface area contributed by atoms with Crippen molar-refractivity contribution in [2.45, 2.75) is 42.4 Å². The molecule has 1 N–H and O–H groups in total. The lowest BCUT2D eigenvalue weighted by atomic mass is 9.53. The summed E-state index contributed by atoms with van der Waals surface area (Å²) in [6.07, 6.45) is 3.97. The molecule has 0 atom stereocenters. The molecule has 0 saturated heterocycles. The van der Waals surface area contributed by atoms with E-state index in [2.05, 4.69) is 0 Å². The maximum Gasteiger partial charge on any atom is 0.446 e. The van der Waals surface area contributed by atoms with E-state index in [-0.39, 0.29) is 16.7 Å². The van der Waals surface area contributed by atoms with Crippen molar-refractivity contribution in [2.24, 2.45) is 0 Å². The van der Waals surface area contributed by atoms with Crippen LogP contribution in [0.15, 0.2) is 47.4 Å². The zero-order valence-corrected chi connectivity index (χ0v) is 14.0. The molecule has 1 heterocycles. The molecule has 0 unspecified atom stereocenters. The van der Waals surface area contributed by atoms with E-state index in [0.29, 0.717) is 18.4 Å². The van der Waals surface area contributed by atoms with E-state index in [0.717, 1.165) is 30.2 Å². The normalized spacial score (nSPS) is 14.6. The molecule has 0 aliphatic carbocycles. The van der Waals surface area contributed by atoms with Gasteiger partial charge in [0.1, 0.15) is 0 Å². The van der Waals surface area contributed by atoms with Crippen LogP contribution in [0, 0.1) is 0 Å². The van der Waals surface area contributed by atoms with E-state index in [1.165, 1.54) is 11.6 Å². The molecular formula is C18H18BF3OS. The number of hydrogen-bond acceptors (Lipinski definition) is 2. The quantitative estimate of drug-likeness (QED) is 0.658. The lowest BCUT2D eigenvalue weighted by Crippen LogP contribution is -2.36. The minimum Gasteiger partial charge on any atom is -0.446 e. The Morgan fingerprint density at radius 1 is 1.08 bits per heavy atom. The maximum atomic E-state index is 12.7. The molecule has 2 aromatic carbocycles. The summed E-state index contributed by atoms with van der Waals surface area (Å²) in [6, 6.07) is 12.8. The van der Waals surface area contributed by atoms with Crippen LogP contribution < -0.4 is 5.46 Å². The van der Waals surface area contributed by atoms with Crippen molar-refractivity contribution in [2.75, 3.05) is 0 Å². The zero-order chi connectivity index (χ0) is 17.2. The lowest BCUT2D eigenvalue weighted by Gasteiger charge is -2.19. The smallest absolute Gasteiger partial charge is 0.446 e. The summed E-state index contributed by atoms with van der Waals surface area (Å²) in [5.41, 5.74) is -0.340. The summed E-state index contributed by atoms with van der Waals surface area (Å²) in [5, 5.41) is 10.1. The highest BCUT2D eigenvalue weighted by atomic mass is 32.2. The predicted molar refractivity (Wildman–Crippen MR) is 92.9 cm³/mol. The Hall–Kier alpha value is -1.40. The van der Waals surface area contributed by atoms with Crippen LogP contribution in [0.4, 0.5) is 13.2 Å². The molecule has 2 aromatic rings. The minimum absolute atomic E-state index is 0.0542. The first kappa shape index (κ1) is 17.4. The second-order valence-corrected chi connectivity index (χ2v) is 7.20. The summed E-state index contributed by atoms with van der Waals surface area (Å²) in [7, 11) is 0. The third kappa shape index (κ3) is 4.36. The molecule has 0 spiro atoms. The molecule has 6 heteroatoms. The molecule has 3 rings (SSSR count). The summed E-state index contributed by atoms with van der Waals surface area (Å²) < 4.78 is 38.0. The van der Waals surface area contributed by atoms with Gasteiger partial charge in [0, 0.05) is 4.90 Å². The van der Waals surface area contributed by atoms with E-state index in [9.17, 15) is 18.2 Å². The Morgan fingerprint density at radius 3 is 2.67 bits per heavy atom. The number of aryl methyl sites for hydroxylation is 3. The van der Waals surface area contributed by atoms with Gasteiger partial charge in [0.2, 0.25) is 0 Å². The molecule has 24 heavy (non-hydrogen) atoms. The monoisotopic (exact) mass is 350 g/mol. The Bertz CT molecular complexity index is 718. The number of benzene rings is 2. The fourth-order valence-corrected chi connectivity index (χ4v) is 3.89. The van der Waals surface area contributed by atoms with Crippen molar-refractivity contribution in [3.05, 3.63) is 59.2 Å². The zero-order valence-electron chi connectivity index (χ0n) is 13.1. The fourth-order valence-electron chi connectivity index (χ4n) is 3.19. The Kier molecular flexibility index (Phi) is 5.25. The molecule has 0 bridgehead atoms. The molecule has 1 aliphatic heterocycles. The van der Waals surface area contributed by atoms with Gasteiger partial charge in [0.25, 0.3) is 0 Å². The van der Waals surface area contributed by atoms with Crippen LogP contribution in [0.5, 0.6) is 0 Å². The third-order valence-corrected chi connectivity index (χ3v) is 5.22. The van der Waals surface area contributed by atoms with Crippen LogP contribution >= 0.6 is 11.8 Å². The Balaban J connectivity index is 1.74. The largest absolute Gasteiger partial charge is 0.446 e. The van der Waals surface area contributed by atoms with E-state index >= 15 is 0 Å². The van der Waals surface area contributed by atoms with E-state index in [1.807, 2.05) is 18.2 Å². The average molecular weight is 350 g/mol. The maximum absolute atomic E-state index is 12.7. The first-order chi connectivity index (χ1) is 11.4. The van der Waals surface area contributed by atoms with Crippen molar-refractivity contribution >= 4 is 24.1 Å². The Labute approximate surface area is 144 Å². The van der Waals surface area contributed by atoms with Gasteiger partial charge in [-0.25, -0.2) is 0 Å². The SMILES string of the molecule is OB1CCCc2ccc(CCc3ccccc3SC(F)(F)F)cc21. The van der Waals surface area contributed by atoms with Crippen LogP contribution in [0.1, 0.15) is 23.1 Å². The Morgan fingerprint density at radius 2 is 1.88 bits per heavy atom. The topological polar surface area (TPSA) is 20.2 Å². The molecule has 0 saturated carbocycles. The van der Waals surface area contributed by atoms with Gasteiger partial charge < -0.3 is 5.02 Å². The van der Waals surface area contributed by atoms with Crippen molar-refractivity contribution in [1.29, 1.82) is 0 Å². The standard InChI is InChI=1S/C18H18BF3OS/c20-18(21,22)24-17-6-2-1-4-15(17)10-8-13-7-9-14-5-3-11-19(23)16(14)12-13/h1-2,4,6-7,9,12,23H,3,5,8,10-11H2. The summed E-state index contributed by atoms with van der Waals surface area (Å²) in [4.78, 5) is 0.267. The highest BCUT2D eigenvalue weighted by Crippen LogP contribution is 2.38. The molecule has 0 radical (unpaired) electrons. The average Bonchev–Trinajstić information content (AvgIpc) is 2.53. The van der Waals surface area contributed by atoms with E-state index in [4.69, 9.17) is 0 Å². The molecular weight excluding hydrogens is 332 g/mol. The molecule has 0 amide bonds. The third-order valence-electron chi connectivity index (χ3n) is 4.37. The highest BCUT2D eigenvalue weighted by molar-refractivity contribution is 8.00. The number of fused-ring (bicyclic) bond motifs is 1. The summed E-state index contributed by atoms with van der Waals surface area (Å²) >= 11 is -0.0542. The second-order valence-electron chi connectivity index (χ2n) is 6.10. The van der Waals surface area contributed by atoms with Crippen LogP contribution in [0.2, 0.25) is 6.32 Å². The van der Waals surface area contributed by atoms with Gasteiger partial charge in [-0.1, -0.05) is 48.4 Å². The van der Waals surface area contributed by atoms with Crippen LogP contribution in [0.3, 0.4) is 0 Å². The number of hydrogen-bond donors (Lipinski definition) is 1. The number of alkyl halides is 3. The molecule has 0 fully saturated rings. The van der Waals surface area contributed by atoms with Gasteiger partial charge in [-0.15, -0.1) is 0 Å². The fraction of sp³-hybridized carbons (Fsp3) is 0.333. The lowest BCUT2D eigenvalue weighted by molar-refractivity contribution is -0.0328. The first-order valence-electron chi connectivity index (χ1n) is 8.06. The van der Waals surface area contributed by atoms with E-state index in [1.54, 1.807) is 18.2 Å². The van der Waals surface area contributed by atoms with Gasteiger partial charge in [-0.3, -0.25) is 0 Å². The van der Waals surface area contributed by atoms with Crippen LogP contribution in [-0.2, 0) is 19.3 Å². The van der Waals surface area contributed by atoms with Crippen molar-refractivity contribution in [3.63, 3.8) is 0 Å². The van der Waals surface area contributed by atoms with Gasteiger partial charge >= 0.3 is 12.4 Å². The first-order valence-corrected chi connectivity index (χ1v) is 8.87.